The van der Waals surface area contributed by atoms with Gasteiger partial charge in [0, 0.05) is 52.5 Å². The Balaban J connectivity index is 0.00000338. The Morgan fingerprint density at radius 3 is 2.42 bits per heavy atom. The van der Waals surface area contributed by atoms with Gasteiger partial charge in [-0.15, -0.1) is 24.0 Å². The molecule has 0 atom stereocenters. The first-order valence-electron chi connectivity index (χ1n) is 8.98. The lowest BCUT2D eigenvalue weighted by Crippen LogP contribution is -2.53. The van der Waals surface area contributed by atoms with Crippen LogP contribution >= 0.6 is 24.0 Å². The second-order valence-corrected chi connectivity index (χ2v) is 6.65. The molecule has 6 nitrogen and oxygen atoms in total. The largest absolute Gasteiger partial charge is 0.368 e. The zero-order valence-corrected chi connectivity index (χ0v) is 18.9. The summed E-state index contributed by atoms with van der Waals surface area (Å²) >= 11 is 0. The first-order valence-corrected chi connectivity index (χ1v) is 8.98. The lowest BCUT2D eigenvalue weighted by molar-refractivity contribution is -0.127. The van der Waals surface area contributed by atoms with Gasteiger partial charge in [-0.25, -0.2) is 4.99 Å². The van der Waals surface area contributed by atoms with Crippen molar-refractivity contribution in [1.29, 1.82) is 0 Å². The second-order valence-electron chi connectivity index (χ2n) is 6.65. The van der Waals surface area contributed by atoms with Crippen LogP contribution in [-0.4, -0.2) is 75.0 Å². The number of anilines is 1. The number of rotatable bonds is 4. The highest BCUT2D eigenvalue weighted by atomic mass is 127. The Morgan fingerprint density at radius 1 is 1.19 bits per heavy atom. The van der Waals surface area contributed by atoms with Crippen LogP contribution in [0.5, 0.6) is 0 Å². The van der Waals surface area contributed by atoms with Gasteiger partial charge in [-0.3, -0.25) is 4.79 Å². The summed E-state index contributed by atoms with van der Waals surface area (Å²) in [7, 11) is 3.52. The zero-order valence-electron chi connectivity index (χ0n) is 16.6. The number of hydrogen-bond acceptors (Lipinski definition) is 3. The van der Waals surface area contributed by atoms with Crippen molar-refractivity contribution >= 4 is 41.5 Å². The molecule has 1 aliphatic rings. The van der Waals surface area contributed by atoms with E-state index >= 15 is 0 Å². The molecule has 0 spiro atoms. The SMILES string of the molecule is CCNC(=NCC(=O)N(C)C)N1CCN(c2cccc(C)c2C)CC1.I. The lowest BCUT2D eigenvalue weighted by Gasteiger charge is -2.38. The lowest BCUT2D eigenvalue weighted by atomic mass is 10.1. The maximum Gasteiger partial charge on any atom is 0.243 e. The molecular formula is C19H32IN5O. The molecule has 0 aliphatic carbocycles. The molecule has 1 aliphatic heterocycles. The highest BCUT2D eigenvalue weighted by molar-refractivity contribution is 14.0. The molecule has 7 heteroatoms. The summed E-state index contributed by atoms with van der Waals surface area (Å²) in [6.07, 6.45) is 0. The number of likely N-dealkylation sites (N-methyl/N-ethyl adjacent to an activating group) is 1. The van der Waals surface area contributed by atoms with Gasteiger partial charge in [0.25, 0.3) is 0 Å². The Labute approximate surface area is 174 Å². The smallest absolute Gasteiger partial charge is 0.243 e. The number of halogens is 1. The first kappa shape index (κ1) is 22.5. The summed E-state index contributed by atoms with van der Waals surface area (Å²) in [6.45, 7) is 11.1. The molecule has 1 fully saturated rings. The fourth-order valence-electron chi connectivity index (χ4n) is 2.95. The van der Waals surface area contributed by atoms with Crippen molar-refractivity contribution in [1.82, 2.24) is 15.1 Å². The number of hydrogen-bond donors (Lipinski definition) is 1. The van der Waals surface area contributed by atoms with Crippen molar-refractivity contribution in [2.24, 2.45) is 4.99 Å². The number of carbonyl (C=O) groups is 1. The predicted octanol–water partition coefficient (Wildman–Crippen LogP) is 2.10. The van der Waals surface area contributed by atoms with Crippen LogP contribution in [0.3, 0.4) is 0 Å². The van der Waals surface area contributed by atoms with E-state index in [1.807, 2.05) is 0 Å². The molecular weight excluding hydrogens is 441 g/mol. The highest BCUT2D eigenvalue weighted by Crippen LogP contribution is 2.23. The van der Waals surface area contributed by atoms with E-state index in [1.54, 1.807) is 19.0 Å². The molecule has 146 valence electrons. The number of nitrogens with one attached hydrogen (secondary N) is 1. The van der Waals surface area contributed by atoms with Gasteiger partial charge in [0.15, 0.2) is 5.96 Å². The van der Waals surface area contributed by atoms with E-state index in [-0.39, 0.29) is 36.4 Å². The number of aryl methyl sites for hydroxylation is 1. The summed E-state index contributed by atoms with van der Waals surface area (Å²) in [4.78, 5) is 22.6. The molecule has 0 bridgehead atoms. The van der Waals surface area contributed by atoms with E-state index < -0.39 is 0 Å². The molecule has 1 N–H and O–H groups in total. The van der Waals surface area contributed by atoms with Crippen molar-refractivity contribution in [2.45, 2.75) is 20.8 Å². The third-order valence-corrected chi connectivity index (χ3v) is 4.69. The third-order valence-electron chi connectivity index (χ3n) is 4.69. The second kappa shape index (κ2) is 10.6. The first-order chi connectivity index (χ1) is 11.9. The van der Waals surface area contributed by atoms with Crippen LogP contribution in [0.25, 0.3) is 0 Å². The number of aliphatic imine (C=N–C) groups is 1. The number of guanidine groups is 1. The molecule has 1 saturated heterocycles. The van der Waals surface area contributed by atoms with Gasteiger partial charge in [0.2, 0.25) is 5.91 Å². The Kier molecular flexibility index (Phi) is 9.18. The molecule has 1 amide bonds. The Morgan fingerprint density at radius 2 is 1.85 bits per heavy atom. The van der Waals surface area contributed by atoms with E-state index in [2.05, 4.69) is 59.1 Å². The third kappa shape index (κ3) is 5.75. The standard InChI is InChI=1S/C19H31N5O.HI/c1-6-20-19(21-14-18(25)22(4)5)24-12-10-23(11-13-24)17-9-7-8-15(2)16(17)3;/h7-9H,6,10-14H2,1-5H3,(H,20,21);1H. The van der Waals surface area contributed by atoms with Gasteiger partial charge in [0.05, 0.1) is 0 Å². The molecule has 1 aromatic rings. The minimum absolute atomic E-state index is 0. The fourth-order valence-corrected chi connectivity index (χ4v) is 2.95. The normalized spacial score (nSPS) is 14.7. The van der Waals surface area contributed by atoms with Crippen molar-refractivity contribution < 1.29 is 4.79 Å². The number of carbonyl (C=O) groups excluding carboxylic acids is 1. The van der Waals surface area contributed by atoms with Crippen LogP contribution in [0, 0.1) is 13.8 Å². The maximum absolute atomic E-state index is 11.8. The topological polar surface area (TPSA) is 51.2 Å². The van der Waals surface area contributed by atoms with Gasteiger partial charge >= 0.3 is 0 Å². The van der Waals surface area contributed by atoms with Crippen molar-refractivity contribution in [3.05, 3.63) is 29.3 Å². The molecule has 1 heterocycles. The summed E-state index contributed by atoms with van der Waals surface area (Å²) in [5.74, 6) is 0.850. The van der Waals surface area contributed by atoms with Crippen LogP contribution in [0.15, 0.2) is 23.2 Å². The van der Waals surface area contributed by atoms with Crippen LogP contribution in [0.4, 0.5) is 5.69 Å². The average molecular weight is 473 g/mol. The number of benzene rings is 1. The number of nitrogens with zero attached hydrogens (tertiary/aromatic N) is 4. The zero-order chi connectivity index (χ0) is 18.4. The van der Waals surface area contributed by atoms with Gasteiger partial charge < -0.3 is 20.0 Å². The predicted molar refractivity (Wildman–Crippen MR) is 120 cm³/mol. The molecule has 26 heavy (non-hydrogen) atoms. The summed E-state index contributed by atoms with van der Waals surface area (Å²) in [5.41, 5.74) is 4.01. The van der Waals surface area contributed by atoms with E-state index in [4.69, 9.17) is 0 Å². The van der Waals surface area contributed by atoms with Crippen molar-refractivity contribution in [3.8, 4) is 0 Å². The Bertz CT molecular complexity index is 624. The van der Waals surface area contributed by atoms with E-state index in [9.17, 15) is 4.79 Å². The molecule has 0 saturated carbocycles. The van der Waals surface area contributed by atoms with Crippen molar-refractivity contribution in [2.75, 3.05) is 58.3 Å². The molecule has 0 radical (unpaired) electrons. The van der Waals surface area contributed by atoms with Gasteiger partial charge in [0.1, 0.15) is 6.54 Å². The van der Waals surface area contributed by atoms with Crippen molar-refractivity contribution in [3.63, 3.8) is 0 Å². The molecule has 0 unspecified atom stereocenters. The quantitative estimate of drug-likeness (QED) is 0.414. The monoisotopic (exact) mass is 473 g/mol. The summed E-state index contributed by atoms with van der Waals surface area (Å²) < 4.78 is 0. The van der Waals surface area contributed by atoms with Crippen LogP contribution in [0.1, 0.15) is 18.1 Å². The molecule has 2 rings (SSSR count). The highest BCUT2D eigenvalue weighted by Gasteiger charge is 2.21. The van der Waals surface area contributed by atoms with Gasteiger partial charge in [-0.1, -0.05) is 12.1 Å². The summed E-state index contributed by atoms with van der Waals surface area (Å²) in [5, 5.41) is 3.31. The fraction of sp³-hybridized carbons (Fsp3) is 0.579. The molecule has 0 aromatic heterocycles. The minimum Gasteiger partial charge on any atom is -0.368 e. The molecule has 1 aromatic carbocycles. The van der Waals surface area contributed by atoms with Crippen LogP contribution in [0.2, 0.25) is 0 Å². The van der Waals surface area contributed by atoms with Crippen LogP contribution in [-0.2, 0) is 4.79 Å². The van der Waals surface area contributed by atoms with E-state index in [0.717, 1.165) is 38.7 Å². The Hall–Kier alpha value is -1.51. The average Bonchev–Trinajstić information content (AvgIpc) is 2.61. The maximum atomic E-state index is 11.8. The number of amides is 1. The van der Waals surface area contributed by atoms with Crippen LogP contribution < -0.4 is 10.2 Å². The van der Waals surface area contributed by atoms with Gasteiger partial charge in [-0.2, -0.15) is 0 Å². The minimum atomic E-state index is 0. The van der Waals surface area contributed by atoms with Gasteiger partial charge in [-0.05, 0) is 38.0 Å². The van der Waals surface area contributed by atoms with E-state index in [1.165, 1.54) is 16.8 Å². The van der Waals surface area contributed by atoms with E-state index in [0.29, 0.717) is 0 Å². The number of piperazine rings is 1. The summed E-state index contributed by atoms with van der Waals surface area (Å²) in [6, 6.07) is 6.49.